The van der Waals surface area contributed by atoms with Crippen molar-refractivity contribution in [1.29, 1.82) is 0 Å². The standard InChI is InChI=1S/C24H36N2O5S/c1-18(2)31-24(28)25-13-10-19(11-14-25)6-4-5-7-23(27)21-8-9-22-17-26(32(3,29)30)15-12-20(22)16-21/h8-9,16,18-19H,4-7,10-15,17H2,1-3H3. The number of rotatable bonds is 8. The van der Waals surface area contributed by atoms with Gasteiger partial charge in [0.25, 0.3) is 0 Å². The SMILES string of the molecule is CC(C)OC(=O)N1CCC(CCCCC(=O)c2ccc3c(c2)CCN(S(C)(=O)=O)C3)CC1. The number of Topliss-reactive ketones (excluding diaryl/α,β-unsaturated/α-hetero) is 1. The van der Waals surface area contributed by atoms with Crippen molar-refractivity contribution in [2.45, 2.75) is 71.4 Å². The number of ether oxygens (including phenoxy) is 1. The molecule has 1 fully saturated rings. The molecule has 32 heavy (non-hydrogen) atoms. The minimum absolute atomic E-state index is 0.0879. The van der Waals surface area contributed by atoms with E-state index in [1.54, 1.807) is 4.90 Å². The van der Waals surface area contributed by atoms with Gasteiger partial charge < -0.3 is 9.64 Å². The Balaban J connectivity index is 1.39. The zero-order valence-corrected chi connectivity index (χ0v) is 20.3. The van der Waals surface area contributed by atoms with Crippen molar-refractivity contribution in [2.24, 2.45) is 5.92 Å². The lowest BCUT2D eigenvalue weighted by molar-refractivity contribution is 0.0645. The number of hydrogen-bond acceptors (Lipinski definition) is 5. The monoisotopic (exact) mass is 464 g/mol. The summed E-state index contributed by atoms with van der Waals surface area (Å²) < 4.78 is 30.3. The minimum Gasteiger partial charge on any atom is -0.447 e. The zero-order valence-electron chi connectivity index (χ0n) is 19.5. The average molecular weight is 465 g/mol. The Hall–Kier alpha value is -1.93. The Morgan fingerprint density at radius 3 is 2.47 bits per heavy atom. The molecule has 3 rings (SSSR count). The summed E-state index contributed by atoms with van der Waals surface area (Å²) in [7, 11) is -3.19. The highest BCUT2D eigenvalue weighted by Gasteiger charge is 2.25. The molecule has 8 heteroatoms. The molecule has 0 radical (unpaired) electrons. The van der Waals surface area contributed by atoms with Gasteiger partial charge in [0.05, 0.1) is 12.4 Å². The molecule has 0 saturated carbocycles. The molecular formula is C24H36N2O5S. The summed E-state index contributed by atoms with van der Waals surface area (Å²) in [5.74, 6) is 0.763. The van der Waals surface area contributed by atoms with Gasteiger partial charge in [-0.15, -0.1) is 0 Å². The van der Waals surface area contributed by atoms with Crippen LogP contribution in [0.5, 0.6) is 0 Å². The van der Waals surface area contributed by atoms with Crippen LogP contribution in [0.15, 0.2) is 18.2 Å². The number of carbonyl (C=O) groups excluding carboxylic acids is 2. The van der Waals surface area contributed by atoms with Gasteiger partial charge in [-0.2, -0.15) is 4.31 Å². The van der Waals surface area contributed by atoms with E-state index in [9.17, 15) is 18.0 Å². The fourth-order valence-corrected chi connectivity index (χ4v) is 5.32. The van der Waals surface area contributed by atoms with Crippen LogP contribution in [-0.4, -0.2) is 61.5 Å². The quantitative estimate of drug-likeness (QED) is 0.429. The molecule has 0 atom stereocenters. The maximum atomic E-state index is 12.6. The van der Waals surface area contributed by atoms with E-state index in [2.05, 4.69) is 0 Å². The summed E-state index contributed by atoms with van der Waals surface area (Å²) in [6.07, 6.45) is 7.09. The third-order valence-electron chi connectivity index (χ3n) is 6.45. The summed E-state index contributed by atoms with van der Waals surface area (Å²) in [5, 5.41) is 0. The van der Waals surface area contributed by atoms with Crippen LogP contribution in [-0.2, 0) is 27.7 Å². The summed E-state index contributed by atoms with van der Waals surface area (Å²) in [5.41, 5.74) is 2.80. The highest BCUT2D eigenvalue weighted by Crippen LogP contribution is 2.25. The number of fused-ring (bicyclic) bond motifs is 1. The molecule has 178 valence electrons. The zero-order chi connectivity index (χ0) is 23.3. The molecule has 0 spiro atoms. The first kappa shape index (κ1) is 24.7. The molecule has 7 nitrogen and oxygen atoms in total. The predicted octanol–water partition coefficient (Wildman–Crippen LogP) is 4.00. The minimum atomic E-state index is -3.19. The largest absolute Gasteiger partial charge is 0.447 e. The van der Waals surface area contributed by atoms with Crippen LogP contribution in [0.4, 0.5) is 4.79 Å². The van der Waals surface area contributed by atoms with Gasteiger partial charge in [-0.1, -0.05) is 25.0 Å². The maximum absolute atomic E-state index is 12.6. The maximum Gasteiger partial charge on any atom is 0.410 e. The average Bonchev–Trinajstić information content (AvgIpc) is 2.75. The van der Waals surface area contributed by atoms with Crippen LogP contribution in [0.1, 0.15) is 73.9 Å². The number of unbranched alkanes of at least 4 members (excludes halogenated alkanes) is 1. The summed E-state index contributed by atoms with van der Waals surface area (Å²) in [6.45, 7) is 6.08. The van der Waals surface area contributed by atoms with Crippen molar-refractivity contribution in [3.05, 3.63) is 34.9 Å². The topological polar surface area (TPSA) is 84.0 Å². The molecule has 1 amide bonds. The van der Waals surface area contributed by atoms with Gasteiger partial charge in [-0.3, -0.25) is 4.79 Å². The van der Waals surface area contributed by atoms with Crippen LogP contribution in [0.25, 0.3) is 0 Å². The Labute approximate surface area is 192 Å². The smallest absolute Gasteiger partial charge is 0.410 e. The Morgan fingerprint density at radius 2 is 1.81 bits per heavy atom. The second-order valence-electron chi connectivity index (χ2n) is 9.36. The number of carbonyl (C=O) groups is 2. The number of nitrogens with zero attached hydrogens (tertiary/aromatic N) is 2. The van der Waals surface area contributed by atoms with E-state index < -0.39 is 10.0 Å². The molecule has 0 aliphatic carbocycles. The van der Waals surface area contributed by atoms with Crippen molar-refractivity contribution in [3.8, 4) is 0 Å². The van der Waals surface area contributed by atoms with Crippen molar-refractivity contribution in [2.75, 3.05) is 25.9 Å². The Bertz CT molecular complexity index is 920. The molecule has 0 bridgehead atoms. The van der Waals surface area contributed by atoms with Gasteiger partial charge in [-0.05, 0) is 62.6 Å². The van der Waals surface area contributed by atoms with Gasteiger partial charge in [0.2, 0.25) is 10.0 Å². The second kappa shape index (κ2) is 10.8. The molecular weight excluding hydrogens is 428 g/mol. The van der Waals surface area contributed by atoms with E-state index in [4.69, 9.17) is 4.74 Å². The third kappa shape index (κ3) is 6.78. The molecule has 0 N–H and O–H groups in total. The first-order chi connectivity index (χ1) is 15.1. The van der Waals surface area contributed by atoms with Crippen LogP contribution in [0.3, 0.4) is 0 Å². The number of sulfonamides is 1. The predicted molar refractivity (Wildman–Crippen MR) is 124 cm³/mol. The van der Waals surface area contributed by atoms with Crippen molar-refractivity contribution < 1.29 is 22.7 Å². The molecule has 2 aliphatic heterocycles. The van der Waals surface area contributed by atoms with E-state index in [0.717, 1.165) is 61.9 Å². The number of likely N-dealkylation sites (tertiary alicyclic amines) is 1. The Kier molecular flexibility index (Phi) is 8.33. The lowest BCUT2D eigenvalue weighted by Crippen LogP contribution is -2.39. The van der Waals surface area contributed by atoms with Crippen LogP contribution in [0.2, 0.25) is 0 Å². The normalized spacial score (nSPS) is 17.9. The van der Waals surface area contributed by atoms with Crippen LogP contribution in [0, 0.1) is 5.92 Å². The Morgan fingerprint density at radius 1 is 1.09 bits per heavy atom. The fourth-order valence-electron chi connectivity index (χ4n) is 4.53. The summed E-state index contributed by atoms with van der Waals surface area (Å²) in [4.78, 5) is 26.4. The van der Waals surface area contributed by atoms with Gasteiger partial charge in [-0.25, -0.2) is 13.2 Å². The number of piperidine rings is 1. The molecule has 0 aromatic heterocycles. The van der Waals surface area contributed by atoms with Gasteiger partial charge in [0, 0.05) is 38.2 Å². The molecule has 2 aliphatic rings. The summed E-state index contributed by atoms with van der Waals surface area (Å²) in [6, 6.07) is 5.68. The number of ketones is 1. The van der Waals surface area contributed by atoms with Crippen molar-refractivity contribution in [3.63, 3.8) is 0 Å². The number of hydrogen-bond donors (Lipinski definition) is 0. The van der Waals surface area contributed by atoms with E-state index in [0.29, 0.717) is 31.8 Å². The molecule has 2 heterocycles. The van der Waals surface area contributed by atoms with Gasteiger partial charge >= 0.3 is 6.09 Å². The molecule has 1 aromatic rings. The van der Waals surface area contributed by atoms with E-state index >= 15 is 0 Å². The summed E-state index contributed by atoms with van der Waals surface area (Å²) >= 11 is 0. The second-order valence-corrected chi connectivity index (χ2v) is 11.3. The van der Waals surface area contributed by atoms with Gasteiger partial charge in [0.1, 0.15) is 0 Å². The first-order valence-corrected chi connectivity index (χ1v) is 13.5. The highest BCUT2D eigenvalue weighted by atomic mass is 32.2. The third-order valence-corrected chi connectivity index (χ3v) is 7.70. The molecule has 0 unspecified atom stereocenters. The van der Waals surface area contributed by atoms with E-state index in [1.165, 1.54) is 10.6 Å². The van der Waals surface area contributed by atoms with E-state index in [-0.39, 0.29) is 18.0 Å². The van der Waals surface area contributed by atoms with Crippen LogP contribution < -0.4 is 0 Å². The molecule has 1 aromatic carbocycles. The number of benzene rings is 1. The van der Waals surface area contributed by atoms with Gasteiger partial charge in [0.15, 0.2) is 5.78 Å². The number of amides is 1. The van der Waals surface area contributed by atoms with Crippen molar-refractivity contribution in [1.82, 2.24) is 9.21 Å². The lowest BCUT2D eigenvalue weighted by Gasteiger charge is -2.31. The lowest BCUT2D eigenvalue weighted by atomic mass is 9.90. The molecule has 1 saturated heterocycles. The fraction of sp³-hybridized carbons (Fsp3) is 0.667. The van der Waals surface area contributed by atoms with Crippen molar-refractivity contribution >= 4 is 21.9 Å². The first-order valence-electron chi connectivity index (χ1n) is 11.7. The van der Waals surface area contributed by atoms with E-state index in [1.807, 2.05) is 32.0 Å². The highest BCUT2D eigenvalue weighted by molar-refractivity contribution is 7.88. The van der Waals surface area contributed by atoms with Crippen LogP contribution >= 0.6 is 0 Å².